The van der Waals surface area contributed by atoms with E-state index < -0.39 is 12.0 Å². The number of nitrogens with two attached hydrogens (primary N) is 1. The van der Waals surface area contributed by atoms with Crippen LogP contribution < -0.4 is 5.73 Å². The Morgan fingerprint density at radius 1 is 1.76 bits per heavy atom. The monoisotopic (exact) mass is 239 g/mol. The smallest absolute Gasteiger partial charge is 0.324 e. The molecular formula is C10H17N5O2. The fourth-order valence-corrected chi connectivity index (χ4v) is 1.18. The van der Waals surface area contributed by atoms with Crippen molar-refractivity contribution in [3.8, 4) is 0 Å². The van der Waals surface area contributed by atoms with Gasteiger partial charge in [-0.05, 0) is 0 Å². The van der Waals surface area contributed by atoms with Gasteiger partial charge in [0.2, 0.25) is 5.95 Å². The molecule has 0 spiro atoms. The van der Waals surface area contributed by atoms with Gasteiger partial charge in [-0.25, -0.2) is 9.98 Å². The Bertz CT molecular complexity index is 399. The predicted octanol–water partition coefficient (Wildman–Crippen LogP) is -0.395. The molecule has 0 aliphatic heterocycles. The van der Waals surface area contributed by atoms with Crippen LogP contribution in [0.4, 0.5) is 5.95 Å². The fraction of sp³-hybridized carbons (Fsp3) is 0.500. The van der Waals surface area contributed by atoms with Crippen LogP contribution in [-0.2, 0) is 16.1 Å². The SMILES string of the molecule is COC(=O)[C@@H](N)Cn1ccnc1/N=C/N(C)C. The highest BCUT2D eigenvalue weighted by molar-refractivity contribution is 5.75. The van der Waals surface area contributed by atoms with Crippen LogP contribution in [0.2, 0.25) is 0 Å². The maximum absolute atomic E-state index is 11.2. The summed E-state index contributed by atoms with van der Waals surface area (Å²) in [5.41, 5.74) is 5.66. The highest BCUT2D eigenvalue weighted by atomic mass is 16.5. The second kappa shape index (κ2) is 6.00. The van der Waals surface area contributed by atoms with Crippen molar-refractivity contribution in [3.05, 3.63) is 12.4 Å². The summed E-state index contributed by atoms with van der Waals surface area (Å²) in [5, 5.41) is 0. The molecule has 0 aliphatic carbocycles. The second-order valence-electron chi connectivity index (χ2n) is 3.72. The lowest BCUT2D eigenvalue weighted by Crippen LogP contribution is -2.35. The van der Waals surface area contributed by atoms with Crippen LogP contribution in [0, 0.1) is 0 Å². The number of hydrogen-bond donors (Lipinski definition) is 1. The molecule has 1 heterocycles. The Kier molecular flexibility index (Phi) is 4.65. The van der Waals surface area contributed by atoms with Gasteiger partial charge in [-0.2, -0.15) is 0 Å². The molecule has 1 rings (SSSR count). The first-order valence-corrected chi connectivity index (χ1v) is 5.09. The molecule has 1 atom stereocenters. The molecule has 0 bridgehead atoms. The average molecular weight is 239 g/mol. The molecule has 2 N–H and O–H groups in total. The van der Waals surface area contributed by atoms with Gasteiger partial charge in [-0.1, -0.05) is 0 Å². The number of aliphatic imine (C=N–C) groups is 1. The lowest BCUT2D eigenvalue weighted by molar-refractivity contribution is -0.142. The molecule has 7 nitrogen and oxygen atoms in total. The summed E-state index contributed by atoms with van der Waals surface area (Å²) in [6.07, 6.45) is 4.94. The molecular weight excluding hydrogens is 222 g/mol. The van der Waals surface area contributed by atoms with Crippen molar-refractivity contribution in [3.63, 3.8) is 0 Å². The summed E-state index contributed by atoms with van der Waals surface area (Å²) in [6, 6.07) is -0.720. The predicted molar refractivity (Wildman–Crippen MR) is 64.1 cm³/mol. The Balaban J connectivity index is 2.72. The fourth-order valence-electron chi connectivity index (χ4n) is 1.18. The minimum Gasteiger partial charge on any atom is -0.468 e. The maximum atomic E-state index is 11.2. The molecule has 0 saturated heterocycles. The molecule has 0 radical (unpaired) electrons. The molecule has 0 aromatic carbocycles. The molecule has 0 saturated carbocycles. The Morgan fingerprint density at radius 3 is 3.06 bits per heavy atom. The van der Waals surface area contributed by atoms with Crippen molar-refractivity contribution in [2.45, 2.75) is 12.6 Å². The molecule has 17 heavy (non-hydrogen) atoms. The second-order valence-corrected chi connectivity index (χ2v) is 3.72. The molecule has 0 amide bonds. The third kappa shape index (κ3) is 3.87. The molecule has 1 aromatic rings. The Hall–Kier alpha value is -1.89. The lowest BCUT2D eigenvalue weighted by Gasteiger charge is -2.11. The zero-order valence-corrected chi connectivity index (χ0v) is 10.2. The zero-order valence-electron chi connectivity index (χ0n) is 10.2. The Morgan fingerprint density at radius 2 is 2.47 bits per heavy atom. The van der Waals surface area contributed by atoms with Crippen LogP contribution >= 0.6 is 0 Å². The minimum absolute atomic E-state index is 0.284. The third-order valence-electron chi connectivity index (χ3n) is 1.99. The van der Waals surface area contributed by atoms with Crippen LogP contribution in [0.15, 0.2) is 17.4 Å². The van der Waals surface area contributed by atoms with E-state index in [-0.39, 0.29) is 6.54 Å². The number of nitrogens with zero attached hydrogens (tertiary/aromatic N) is 4. The number of ether oxygens (including phenoxy) is 1. The van der Waals surface area contributed by atoms with Crippen LogP contribution in [0.5, 0.6) is 0 Å². The van der Waals surface area contributed by atoms with E-state index in [0.717, 1.165) is 0 Å². The van der Waals surface area contributed by atoms with Gasteiger partial charge in [0.25, 0.3) is 0 Å². The van der Waals surface area contributed by atoms with Crippen molar-refractivity contribution in [2.75, 3.05) is 21.2 Å². The van der Waals surface area contributed by atoms with Gasteiger partial charge in [0.15, 0.2) is 0 Å². The first-order valence-electron chi connectivity index (χ1n) is 5.09. The number of methoxy groups -OCH3 is 1. The number of carbonyl (C=O) groups is 1. The molecule has 1 aromatic heterocycles. The normalized spacial score (nSPS) is 12.7. The largest absolute Gasteiger partial charge is 0.468 e. The number of esters is 1. The topological polar surface area (TPSA) is 85.7 Å². The first kappa shape index (κ1) is 13.2. The van der Waals surface area contributed by atoms with Crippen molar-refractivity contribution < 1.29 is 9.53 Å². The number of aromatic nitrogens is 2. The van der Waals surface area contributed by atoms with Gasteiger partial charge in [0.05, 0.1) is 20.0 Å². The van der Waals surface area contributed by atoms with E-state index in [0.29, 0.717) is 5.95 Å². The lowest BCUT2D eigenvalue weighted by atomic mass is 10.3. The highest BCUT2D eigenvalue weighted by Gasteiger charge is 2.15. The molecule has 94 valence electrons. The number of hydrogen-bond acceptors (Lipinski definition) is 5. The highest BCUT2D eigenvalue weighted by Crippen LogP contribution is 2.08. The van der Waals surface area contributed by atoms with Crippen molar-refractivity contribution in [2.24, 2.45) is 10.7 Å². The van der Waals surface area contributed by atoms with Crippen molar-refractivity contribution >= 4 is 18.3 Å². The van der Waals surface area contributed by atoms with Gasteiger partial charge < -0.3 is 19.9 Å². The van der Waals surface area contributed by atoms with Gasteiger partial charge in [-0.15, -0.1) is 0 Å². The molecule has 0 unspecified atom stereocenters. The molecule has 7 heteroatoms. The van der Waals surface area contributed by atoms with E-state index in [9.17, 15) is 4.79 Å². The number of imidazole rings is 1. The van der Waals surface area contributed by atoms with Crippen molar-refractivity contribution in [1.29, 1.82) is 0 Å². The zero-order chi connectivity index (χ0) is 12.8. The van der Waals surface area contributed by atoms with Crippen molar-refractivity contribution in [1.82, 2.24) is 14.5 Å². The van der Waals surface area contributed by atoms with E-state index in [2.05, 4.69) is 14.7 Å². The maximum Gasteiger partial charge on any atom is 0.324 e. The summed E-state index contributed by atoms with van der Waals surface area (Å²) in [6.45, 7) is 0.284. The van der Waals surface area contributed by atoms with E-state index in [1.54, 1.807) is 28.2 Å². The van der Waals surface area contributed by atoms with Gasteiger partial charge in [0, 0.05) is 26.5 Å². The summed E-state index contributed by atoms with van der Waals surface area (Å²) >= 11 is 0. The van der Waals surface area contributed by atoms with E-state index in [1.807, 2.05) is 14.1 Å². The molecule has 0 fully saturated rings. The van der Waals surface area contributed by atoms with Crippen LogP contribution in [0.1, 0.15) is 0 Å². The summed E-state index contributed by atoms with van der Waals surface area (Å²) < 4.78 is 6.25. The Labute approximate surface area is 99.9 Å². The van der Waals surface area contributed by atoms with Crippen LogP contribution in [0.25, 0.3) is 0 Å². The summed E-state index contributed by atoms with van der Waals surface area (Å²) in [5.74, 6) is 0.0410. The van der Waals surface area contributed by atoms with Gasteiger partial charge in [-0.3, -0.25) is 4.79 Å². The number of rotatable bonds is 5. The van der Waals surface area contributed by atoms with E-state index in [1.165, 1.54) is 7.11 Å². The summed E-state index contributed by atoms with van der Waals surface area (Å²) in [7, 11) is 5.02. The van der Waals surface area contributed by atoms with E-state index >= 15 is 0 Å². The first-order chi connectivity index (χ1) is 8.04. The van der Waals surface area contributed by atoms with Crippen LogP contribution in [-0.4, -0.2) is 54.0 Å². The molecule has 0 aliphatic rings. The summed E-state index contributed by atoms with van der Waals surface area (Å²) in [4.78, 5) is 21.2. The standard InChI is InChI=1S/C10H17N5O2/c1-14(2)7-13-10-12-4-5-15(10)6-8(11)9(16)17-3/h4-5,7-8H,6,11H2,1-3H3/b13-7+/t8-/m0/s1. The van der Waals surface area contributed by atoms with Crippen LogP contribution in [0.3, 0.4) is 0 Å². The average Bonchev–Trinajstić information content (AvgIpc) is 2.72. The minimum atomic E-state index is -0.720. The van der Waals surface area contributed by atoms with Gasteiger partial charge in [0.1, 0.15) is 6.04 Å². The van der Waals surface area contributed by atoms with Gasteiger partial charge >= 0.3 is 5.97 Å². The van der Waals surface area contributed by atoms with E-state index in [4.69, 9.17) is 5.73 Å². The quantitative estimate of drug-likeness (QED) is 0.429. The third-order valence-corrected chi connectivity index (χ3v) is 1.99. The number of carbonyl (C=O) groups excluding carboxylic acids is 1.